The Hall–Kier alpha value is -2.30. The minimum absolute atomic E-state index is 0.145. The smallest absolute Gasteiger partial charge is 0.231 e. The van der Waals surface area contributed by atoms with E-state index >= 15 is 0 Å². The van der Waals surface area contributed by atoms with Crippen molar-refractivity contribution in [1.82, 2.24) is 4.90 Å². The third-order valence-corrected chi connectivity index (χ3v) is 4.61. The average molecular weight is 358 g/mol. The van der Waals surface area contributed by atoms with E-state index in [1.165, 1.54) is 0 Å². The van der Waals surface area contributed by atoms with E-state index in [2.05, 4.69) is 18.7 Å². The van der Waals surface area contributed by atoms with Crippen molar-refractivity contribution in [3.63, 3.8) is 0 Å². The lowest BCUT2D eigenvalue weighted by atomic mass is 10.0. The first-order chi connectivity index (χ1) is 12.0. The number of halogens is 1. The van der Waals surface area contributed by atoms with Crippen LogP contribution in [-0.4, -0.2) is 28.9 Å². The summed E-state index contributed by atoms with van der Waals surface area (Å²) in [4.78, 5) is 14.8. The maximum Gasteiger partial charge on any atom is 0.231 e. The van der Waals surface area contributed by atoms with Gasteiger partial charge in [0.05, 0.1) is 11.1 Å². The van der Waals surface area contributed by atoms with Gasteiger partial charge in [0.15, 0.2) is 5.76 Å². The molecule has 1 heterocycles. The Labute approximate surface area is 152 Å². The average Bonchev–Trinajstić information content (AvgIpc) is 2.92. The number of nitrogens with zero attached hydrogens (tertiary/aromatic N) is 1. The second-order valence-corrected chi connectivity index (χ2v) is 6.33. The van der Waals surface area contributed by atoms with E-state index < -0.39 is 0 Å². The van der Waals surface area contributed by atoms with Gasteiger partial charge in [0.25, 0.3) is 0 Å². The van der Waals surface area contributed by atoms with E-state index in [4.69, 9.17) is 16.3 Å². The largest absolute Gasteiger partial charge is 0.507 e. The molecule has 0 amide bonds. The molecule has 0 fully saturated rings. The third-order valence-electron chi connectivity index (χ3n) is 4.36. The summed E-state index contributed by atoms with van der Waals surface area (Å²) >= 11 is 5.89. The van der Waals surface area contributed by atoms with Crippen LogP contribution in [0.5, 0.6) is 11.5 Å². The molecule has 4 nitrogen and oxygen atoms in total. The van der Waals surface area contributed by atoms with E-state index in [0.717, 1.165) is 18.7 Å². The SMILES string of the molecule is CCN(CC)Cc1c(O)ccc2c1O/C(=C/c1ccc(Cl)cc1)C2=O. The lowest BCUT2D eigenvalue weighted by molar-refractivity contribution is 0.101. The topological polar surface area (TPSA) is 49.8 Å². The molecule has 130 valence electrons. The van der Waals surface area contributed by atoms with Gasteiger partial charge in [-0.05, 0) is 49.0 Å². The van der Waals surface area contributed by atoms with Crippen molar-refractivity contribution in [2.75, 3.05) is 13.1 Å². The van der Waals surface area contributed by atoms with E-state index in [1.807, 2.05) is 12.1 Å². The van der Waals surface area contributed by atoms with Crippen molar-refractivity contribution in [3.05, 3.63) is 63.9 Å². The molecule has 0 aliphatic carbocycles. The number of carbonyl (C=O) groups is 1. The van der Waals surface area contributed by atoms with E-state index in [0.29, 0.717) is 28.4 Å². The summed E-state index contributed by atoms with van der Waals surface area (Å²) < 4.78 is 5.85. The zero-order chi connectivity index (χ0) is 18.0. The Balaban J connectivity index is 1.96. The van der Waals surface area contributed by atoms with E-state index in [9.17, 15) is 9.90 Å². The number of benzene rings is 2. The number of ether oxygens (including phenoxy) is 1. The van der Waals surface area contributed by atoms with E-state index in [-0.39, 0.29) is 17.3 Å². The molecule has 2 aromatic carbocycles. The molecule has 25 heavy (non-hydrogen) atoms. The summed E-state index contributed by atoms with van der Waals surface area (Å²) in [7, 11) is 0. The summed E-state index contributed by atoms with van der Waals surface area (Å²) in [6, 6.07) is 10.3. The zero-order valence-electron chi connectivity index (χ0n) is 14.3. The highest BCUT2D eigenvalue weighted by atomic mass is 35.5. The molecule has 5 heteroatoms. The molecule has 0 unspecified atom stereocenters. The lowest BCUT2D eigenvalue weighted by Gasteiger charge is -2.20. The van der Waals surface area contributed by atoms with Crippen molar-refractivity contribution in [2.45, 2.75) is 20.4 Å². The van der Waals surface area contributed by atoms with Crippen LogP contribution in [-0.2, 0) is 6.54 Å². The minimum Gasteiger partial charge on any atom is -0.507 e. The summed E-state index contributed by atoms with van der Waals surface area (Å²) in [5, 5.41) is 10.9. The van der Waals surface area contributed by atoms with Gasteiger partial charge in [0, 0.05) is 11.6 Å². The number of hydrogen-bond acceptors (Lipinski definition) is 4. The standard InChI is InChI=1S/C20H20ClNO3/c1-3-22(4-2)12-16-17(23)10-9-15-19(24)18(25-20(15)16)11-13-5-7-14(21)8-6-13/h5-11,23H,3-4,12H2,1-2H3/b18-11+. The Morgan fingerprint density at radius 3 is 2.44 bits per heavy atom. The Kier molecular flexibility index (Phi) is 5.11. The maximum atomic E-state index is 12.6. The molecular weight excluding hydrogens is 338 g/mol. The predicted molar refractivity (Wildman–Crippen MR) is 99.1 cm³/mol. The van der Waals surface area contributed by atoms with Crippen molar-refractivity contribution >= 4 is 23.5 Å². The van der Waals surface area contributed by atoms with Crippen molar-refractivity contribution in [3.8, 4) is 11.5 Å². The molecule has 3 rings (SSSR count). The number of phenols is 1. The first-order valence-electron chi connectivity index (χ1n) is 8.30. The van der Waals surface area contributed by atoms with Crippen LogP contribution in [0.2, 0.25) is 5.02 Å². The monoisotopic (exact) mass is 357 g/mol. The fourth-order valence-electron chi connectivity index (χ4n) is 2.83. The second kappa shape index (κ2) is 7.30. The van der Waals surface area contributed by atoms with Crippen LogP contribution in [0, 0.1) is 0 Å². The van der Waals surface area contributed by atoms with Gasteiger partial charge in [-0.25, -0.2) is 0 Å². The van der Waals surface area contributed by atoms with Crippen LogP contribution < -0.4 is 4.74 Å². The summed E-state index contributed by atoms with van der Waals surface area (Å²) in [6.45, 7) is 6.34. The molecule has 0 spiro atoms. The number of carbonyl (C=O) groups excluding carboxylic acids is 1. The number of rotatable bonds is 5. The molecule has 1 aliphatic heterocycles. The van der Waals surface area contributed by atoms with Crippen molar-refractivity contribution in [1.29, 1.82) is 0 Å². The fourth-order valence-corrected chi connectivity index (χ4v) is 2.96. The van der Waals surface area contributed by atoms with Crippen LogP contribution in [0.1, 0.15) is 35.3 Å². The van der Waals surface area contributed by atoms with Crippen LogP contribution >= 0.6 is 11.6 Å². The van der Waals surface area contributed by atoms with Gasteiger partial charge >= 0.3 is 0 Å². The Morgan fingerprint density at radius 1 is 1.12 bits per heavy atom. The summed E-state index contributed by atoms with van der Waals surface area (Å²) in [5.41, 5.74) is 1.96. The van der Waals surface area contributed by atoms with Gasteiger partial charge in [0.1, 0.15) is 11.5 Å². The molecule has 0 radical (unpaired) electrons. The number of aromatic hydroxyl groups is 1. The number of hydrogen-bond donors (Lipinski definition) is 1. The number of allylic oxidation sites excluding steroid dienone is 1. The molecule has 0 aromatic heterocycles. The summed E-state index contributed by atoms with van der Waals surface area (Å²) in [5.74, 6) is 0.678. The Morgan fingerprint density at radius 2 is 1.80 bits per heavy atom. The first kappa shape index (κ1) is 17.5. The van der Waals surface area contributed by atoms with Gasteiger partial charge in [0.2, 0.25) is 5.78 Å². The molecular formula is C20H20ClNO3. The maximum absolute atomic E-state index is 12.6. The highest BCUT2D eigenvalue weighted by molar-refractivity contribution is 6.30. The highest BCUT2D eigenvalue weighted by Gasteiger charge is 2.31. The first-order valence-corrected chi connectivity index (χ1v) is 8.68. The van der Waals surface area contributed by atoms with Gasteiger partial charge in [-0.15, -0.1) is 0 Å². The fraction of sp³-hybridized carbons (Fsp3) is 0.250. The van der Waals surface area contributed by atoms with Crippen molar-refractivity contribution < 1.29 is 14.6 Å². The molecule has 1 aliphatic rings. The van der Waals surface area contributed by atoms with Crippen LogP contribution in [0.4, 0.5) is 0 Å². The van der Waals surface area contributed by atoms with Crippen molar-refractivity contribution in [2.24, 2.45) is 0 Å². The minimum atomic E-state index is -0.175. The molecule has 0 atom stereocenters. The quantitative estimate of drug-likeness (QED) is 0.800. The Bertz CT molecular complexity index is 824. The highest BCUT2D eigenvalue weighted by Crippen LogP contribution is 2.40. The number of phenolic OH excluding ortho intramolecular Hbond substituents is 1. The van der Waals surface area contributed by atoms with Crippen LogP contribution in [0.3, 0.4) is 0 Å². The van der Waals surface area contributed by atoms with Crippen LogP contribution in [0.25, 0.3) is 6.08 Å². The molecule has 1 N–H and O–H groups in total. The molecule has 0 saturated carbocycles. The normalized spacial score (nSPS) is 14.9. The summed E-state index contributed by atoms with van der Waals surface area (Å²) in [6.07, 6.45) is 1.69. The zero-order valence-corrected chi connectivity index (χ0v) is 15.0. The molecule has 0 saturated heterocycles. The van der Waals surface area contributed by atoms with Gasteiger partial charge in [-0.3, -0.25) is 9.69 Å². The number of fused-ring (bicyclic) bond motifs is 1. The van der Waals surface area contributed by atoms with Gasteiger partial charge in [-0.2, -0.15) is 0 Å². The lowest BCUT2D eigenvalue weighted by Crippen LogP contribution is -2.22. The van der Waals surface area contributed by atoms with Crippen LogP contribution in [0.15, 0.2) is 42.2 Å². The van der Waals surface area contributed by atoms with Gasteiger partial charge < -0.3 is 9.84 Å². The molecule has 0 bridgehead atoms. The second-order valence-electron chi connectivity index (χ2n) is 5.89. The number of ketones is 1. The molecule has 2 aromatic rings. The van der Waals surface area contributed by atoms with E-state index in [1.54, 1.807) is 30.3 Å². The van der Waals surface area contributed by atoms with Gasteiger partial charge in [-0.1, -0.05) is 37.6 Å². The number of Topliss-reactive ketones (excluding diaryl/α,β-unsaturated/α-hetero) is 1. The third kappa shape index (κ3) is 3.55. The predicted octanol–water partition coefficient (Wildman–Crippen LogP) is 4.50.